The minimum atomic E-state index is -0.257. The predicted octanol–water partition coefficient (Wildman–Crippen LogP) is 1.98. The van der Waals surface area contributed by atoms with Crippen molar-refractivity contribution in [3.05, 3.63) is 30.8 Å². The smallest absolute Gasteiger partial charge is 0.325 e. The van der Waals surface area contributed by atoms with Crippen molar-refractivity contribution in [2.24, 2.45) is 11.3 Å². The fourth-order valence-corrected chi connectivity index (χ4v) is 3.50. The Balaban J connectivity index is 1.46. The average Bonchev–Trinajstić information content (AvgIpc) is 3.03. The van der Waals surface area contributed by atoms with Crippen LogP contribution < -0.4 is 10.6 Å². The van der Waals surface area contributed by atoms with E-state index in [-0.39, 0.29) is 24.4 Å². The molecule has 0 bridgehead atoms. The van der Waals surface area contributed by atoms with Gasteiger partial charge in [0.1, 0.15) is 0 Å². The Morgan fingerprint density at radius 2 is 2.29 bits per heavy atom. The number of aromatic nitrogens is 2. The zero-order valence-electron chi connectivity index (χ0n) is 14.8. The van der Waals surface area contributed by atoms with E-state index >= 15 is 0 Å². The van der Waals surface area contributed by atoms with Gasteiger partial charge < -0.3 is 10.6 Å². The number of pyridine rings is 1. The first-order chi connectivity index (χ1) is 11.5. The molecular formula is C16H20N4O. The van der Waals surface area contributed by atoms with E-state index in [1.54, 1.807) is 0 Å². The summed E-state index contributed by atoms with van der Waals surface area (Å²) in [7, 11) is 0. The Morgan fingerprint density at radius 1 is 1.48 bits per heavy atom. The first-order valence-corrected chi connectivity index (χ1v) is 7.45. The zero-order chi connectivity index (χ0) is 16.9. The maximum atomic E-state index is 12.4. The van der Waals surface area contributed by atoms with Crippen molar-refractivity contribution in [2.45, 2.75) is 19.3 Å². The van der Waals surface area contributed by atoms with E-state index in [9.17, 15) is 4.79 Å². The molecule has 2 aromatic rings. The second-order valence-electron chi connectivity index (χ2n) is 6.15. The van der Waals surface area contributed by atoms with Crippen LogP contribution in [0.3, 0.4) is 0 Å². The predicted molar refractivity (Wildman–Crippen MR) is 81.2 cm³/mol. The van der Waals surface area contributed by atoms with Crippen LogP contribution >= 0.6 is 0 Å². The van der Waals surface area contributed by atoms with Crippen molar-refractivity contribution in [2.75, 3.05) is 19.6 Å². The second-order valence-corrected chi connectivity index (χ2v) is 6.15. The summed E-state index contributed by atoms with van der Waals surface area (Å²) in [6, 6.07) is -0.309. The standard InChI is InChI=1S/C16H20N4O/c21-15(20-10-12-1-4-18-8-13(12)11-20)19-9-14-7-16(14)2-5-17-6-3-16/h1,4,8,10-11,14,17H,2-3,5-7,9H2,(H,19,21)/i1D,4D,8D. The van der Waals surface area contributed by atoms with Crippen LogP contribution in [0.15, 0.2) is 30.8 Å². The van der Waals surface area contributed by atoms with Crippen LogP contribution in [-0.2, 0) is 0 Å². The van der Waals surface area contributed by atoms with Crippen molar-refractivity contribution in [3.8, 4) is 0 Å². The Bertz CT molecular complexity index is 813. The van der Waals surface area contributed by atoms with Gasteiger partial charge in [0.2, 0.25) is 0 Å². The molecule has 2 aromatic heterocycles. The maximum Gasteiger partial charge on any atom is 0.325 e. The van der Waals surface area contributed by atoms with E-state index in [4.69, 9.17) is 4.11 Å². The van der Waals surface area contributed by atoms with Gasteiger partial charge in [-0.05, 0) is 49.7 Å². The first-order valence-electron chi connectivity index (χ1n) is 8.95. The minimum Gasteiger partial charge on any atom is -0.337 e. The van der Waals surface area contributed by atoms with Gasteiger partial charge in [-0.2, -0.15) is 0 Å². The Hall–Kier alpha value is -1.88. The van der Waals surface area contributed by atoms with E-state index in [0.29, 0.717) is 28.7 Å². The van der Waals surface area contributed by atoms with E-state index in [2.05, 4.69) is 15.6 Å². The molecule has 5 nitrogen and oxygen atoms in total. The van der Waals surface area contributed by atoms with E-state index in [1.807, 2.05) is 0 Å². The summed E-state index contributed by atoms with van der Waals surface area (Å²) < 4.78 is 24.6. The number of nitrogens with one attached hydrogen (secondary N) is 2. The highest BCUT2D eigenvalue weighted by Gasteiger charge is 2.53. The SMILES string of the molecule is [2H]c1nc([2H])c2cn(C(=O)NCC3CC34CCNCC4)cc2c1[2H]. The molecule has 1 saturated heterocycles. The number of hydrogen-bond acceptors (Lipinski definition) is 3. The van der Waals surface area contributed by atoms with Gasteiger partial charge in [-0.3, -0.25) is 9.55 Å². The summed E-state index contributed by atoms with van der Waals surface area (Å²) in [5.41, 5.74) is 0.423. The number of nitrogens with zero attached hydrogens (tertiary/aromatic N) is 2. The molecule has 110 valence electrons. The lowest BCUT2D eigenvalue weighted by Gasteiger charge is -2.23. The molecule has 0 aromatic carbocycles. The van der Waals surface area contributed by atoms with Crippen LogP contribution in [0.4, 0.5) is 4.79 Å². The fourth-order valence-electron chi connectivity index (χ4n) is 3.50. The zero-order valence-corrected chi connectivity index (χ0v) is 11.8. The summed E-state index contributed by atoms with van der Waals surface area (Å²) in [6.45, 7) is 2.79. The van der Waals surface area contributed by atoms with Gasteiger partial charge in [0, 0.05) is 42.1 Å². The highest BCUT2D eigenvalue weighted by Crippen LogP contribution is 2.58. The third-order valence-electron chi connectivity index (χ3n) is 4.94. The minimum absolute atomic E-state index is 0.0524. The number of piperidine rings is 1. The third kappa shape index (κ3) is 2.31. The van der Waals surface area contributed by atoms with Gasteiger partial charge >= 0.3 is 6.03 Å². The normalized spacial score (nSPS) is 25.3. The monoisotopic (exact) mass is 287 g/mol. The Labute approximate surface area is 128 Å². The number of fused-ring (bicyclic) bond motifs is 1. The molecule has 1 amide bonds. The molecule has 1 aliphatic heterocycles. The molecule has 1 unspecified atom stereocenters. The molecule has 4 rings (SSSR count). The quantitative estimate of drug-likeness (QED) is 0.888. The maximum absolute atomic E-state index is 12.4. The van der Waals surface area contributed by atoms with Crippen molar-refractivity contribution in [1.82, 2.24) is 20.2 Å². The van der Waals surface area contributed by atoms with Gasteiger partial charge in [-0.1, -0.05) is 0 Å². The third-order valence-corrected chi connectivity index (χ3v) is 4.94. The van der Waals surface area contributed by atoms with Crippen LogP contribution in [0.25, 0.3) is 10.8 Å². The molecule has 21 heavy (non-hydrogen) atoms. The number of amides is 1. The lowest BCUT2D eigenvalue weighted by molar-refractivity contribution is 0.240. The highest BCUT2D eigenvalue weighted by molar-refractivity contribution is 5.87. The van der Waals surface area contributed by atoms with E-state index in [1.165, 1.54) is 36.2 Å². The first kappa shape index (κ1) is 9.95. The molecule has 2 N–H and O–H groups in total. The molecular weight excluding hydrogens is 264 g/mol. The largest absolute Gasteiger partial charge is 0.337 e. The molecule has 5 heteroatoms. The average molecular weight is 287 g/mol. The molecule has 1 aliphatic carbocycles. The molecule has 3 heterocycles. The second kappa shape index (κ2) is 4.84. The van der Waals surface area contributed by atoms with Crippen molar-refractivity contribution in [1.29, 1.82) is 0 Å². The topological polar surface area (TPSA) is 59.0 Å². The molecule has 1 spiro atoms. The summed E-state index contributed by atoms with van der Waals surface area (Å²) in [6.07, 6.45) is 6.27. The van der Waals surface area contributed by atoms with Crippen LogP contribution in [0, 0.1) is 11.3 Å². The molecule has 1 saturated carbocycles. The summed E-state index contributed by atoms with van der Waals surface area (Å²) in [5.74, 6) is 0.550. The number of carbonyl (C=O) groups is 1. The molecule has 2 fully saturated rings. The molecule has 1 atom stereocenters. The number of rotatable bonds is 2. The molecule has 2 aliphatic rings. The van der Waals surface area contributed by atoms with Gasteiger partial charge in [0.15, 0.2) is 0 Å². The lowest BCUT2D eigenvalue weighted by atomic mass is 9.92. The lowest BCUT2D eigenvalue weighted by Crippen LogP contribution is -2.33. The number of carbonyl (C=O) groups excluding carboxylic acids is 1. The fraction of sp³-hybridized carbons (Fsp3) is 0.500. The van der Waals surface area contributed by atoms with Gasteiger partial charge in [-0.25, -0.2) is 4.79 Å². The Morgan fingerprint density at radius 3 is 3.14 bits per heavy atom. The Kier molecular flexibility index (Phi) is 2.29. The van der Waals surface area contributed by atoms with Crippen LogP contribution in [0.5, 0.6) is 0 Å². The molecule has 0 radical (unpaired) electrons. The summed E-state index contributed by atoms with van der Waals surface area (Å²) in [4.78, 5) is 16.1. The van der Waals surface area contributed by atoms with E-state index in [0.717, 1.165) is 13.1 Å². The van der Waals surface area contributed by atoms with Crippen molar-refractivity contribution < 1.29 is 8.91 Å². The van der Waals surface area contributed by atoms with Crippen molar-refractivity contribution in [3.63, 3.8) is 0 Å². The number of hydrogen-bond donors (Lipinski definition) is 2. The van der Waals surface area contributed by atoms with Crippen LogP contribution in [0.2, 0.25) is 0 Å². The summed E-state index contributed by atoms with van der Waals surface area (Å²) >= 11 is 0. The van der Waals surface area contributed by atoms with Gasteiger partial charge in [0.25, 0.3) is 0 Å². The van der Waals surface area contributed by atoms with Gasteiger partial charge in [0.05, 0.1) is 4.11 Å². The van der Waals surface area contributed by atoms with Crippen molar-refractivity contribution >= 4 is 16.8 Å². The van der Waals surface area contributed by atoms with E-state index < -0.39 is 0 Å². The van der Waals surface area contributed by atoms with Gasteiger partial charge in [-0.15, -0.1) is 0 Å². The van der Waals surface area contributed by atoms with Crippen LogP contribution in [0.1, 0.15) is 23.4 Å². The summed E-state index contributed by atoms with van der Waals surface area (Å²) in [5, 5.41) is 7.17. The van der Waals surface area contributed by atoms with Crippen LogP contribution in [-0.4, -0.2) is 35.2 Å². The highest BCUT2D eigenvalue weighted by atomic mass is 16.2.